The van der Waals surface area contributed by atoms with Crippen molar-refractivity contribution >= 4 is 39.1 Å². The first-order valence-corrected chi connectivity index (χ1v) is 12.8. The maximum Gasteiger partial charge on any atom is 0.261 e. The predicted molar refractivity (Wildman–Crippen MR) is 135 cm³/mol. The van der Waals surface area contributed by atoms with Gasteiger partial charge >= 0.3 is 0 Å². The van der Waals surface area contributed by atoms with Gasteiger partial charge in [0.2, 0.25) is 0 Å². The molecule has 2 fully saturated rings. The van der Waals surface area contributed by atoms with Crippen molar-refractivity contribution in [3.8, 4) is 0 Å². The molecule has 5 heterocycles. The van der Waals surface area contributed by atoms with E-state index in [1.54, 1.807) is 6.33 Å². The van der Waals surface area contributed by atoms with E-state index in [0.717, 1.165) is 97.7 Å². The lowest BCUT2D eigenvalue weighted by atomic mass is 10.1. The van der Waals surface area contributed by atoms with Gasteiger partial charge in [-0.05, 0) is 37.6 Å². The summed E-state index contributed by atoms with van der Waals surface area (Å²) in [5.41, 5.74) is 0.966. The largest absolute Gasteiger partial charge is 0.379 e. The van der Waals surface area contributed by atoms with E-state index >= 15 is 0 Å². The van der Waals surface area contributed by atoms with E-state index < -0.39 is 0 Å². The standard InChI is InChI=1S/C24H31N7O2S/c1-18-20-22(31-11-9-30(10-12-31)19-5-2-3-6-25-19)27-17-28-24(20)34-21(18)23(32)26-7-4-8-29-13-15-33-16-14-29/h2-3,5-6,17H,4,7-16H2,1H3,(H,26,32). The molecule has 1 amide bonds. The fourth-order valence-corrected chi connectivity index (χ4v) is 5.67. The molecule has 0 atom stereocenters. The number of piperazine rings is 1. The number of ether oxygens (including phenoxy) is 1. The highest BCUT2D eigenvalue weighted by atomic mass is 32.1. The number of morpholine rings is 1. The van der Waals surface area contributed by atoms with Crippen LogP contribution < -0.4 is 15.1 Å². The summed E-state index contributed by atoms with van der Waals surface area (Å²) in [5.74, 6) is 1.91. The Kier molecular flexibility index (Phi) is 7.17. The first-order valence-electron chi connectivity index (χ1n) is 11.9. The highest BCUT2D eigenvalue weighted by molar-refractivity contribution is 7.20. The highest BCUT2D eigenvalue weighted by Crippen LogP contribution is 2.35. The summed E-state index contributed by atoms with van der Waals surface area (Å²) in [5, 5.41) is 4.10. The number of amides is 1. The quantitative estimate of drug-likeness (QED) is 0.514. The van der Waals surface area contributed by atoms with E-state index in [0.29, 0.717) is 6.54 Å². The van der Waals surface area contributed by atoms with Crippen LogP contribution in [0.4, 0.5) is 11.6 Å². The predicted octanol–water partition coefficient (Wildman–Crippen LogP) is 2.17. The average Bonchev–Trinajstić information content (AvgIpc) is 3.24. The van der Waals surface area contributed by atoms with Crippen LogP contribution in [0.25, 0.3) is 10.2 Å². The smallest absolute Gasteiger partial charge is 0.261 e. The zero-order valence-corrected chi connectivity index (χ0v) is 20.4. The van der Waals surface area contributed by atoms with Gasteiger partial charge in [-0.3, -0.25) is 9.69 Å². The number of fused-ring (bicyclic) bond motifs is 1. The molecule has 10 heteroatoms. The average molecular weight is 482 g/mol. The molecular formula is C24H31N7O2S. The third kappa shape index (κ3) is 4.98. The van der Waals surface area contributed by atoms with E-state index in [1.807, 2.05) is 31.3 Å². The minimum Gasteiger partial charge on any atom is -0.379 e. The molecule has 2 saturated heterocycles. The Morgan fingerprint density at radius 1 is 1.06 bits per heavy atom. The van der Waals surface area contributed by atoms with Crippen molar-refractivity contribution in [3.05, 3.63) is 41.2 Å². The number of aromatic nitrogens is 3. The summed E-state index contributed by atoms with van der Waals surface area (Å²) < 4.78 is 5.39. The van der Waals surface area contributed by atoms with Crippen LogP contribution in [0.3, 0.4) is 0 Å². The second-order valence-electron chi connectivity index (χ2n) is 8.66. The van der Waals surface area contributed by atoms with E-state index in [-0.39, 0.29) is 5.91 Å². The molecule has 34 heavy (non-hydrogen) atoms. The number of pyridine rings is 1. The monoisotopic (exact) mass is 481 g/mol. The van der Waals surface area contributed by atoms with Gasteiger partial charge in [0, 0.05) is 52.0 Å². The Hall–Kier alpha value is -2.82. The topological polar surface area (TPSA) is 86.7 Å². The van der Waals surface area contributed by atoms with Crippen LogP contribution in [0.2, 0.25) is 0 Å². The fourth-order valence-electron chi connectivity index (χ4n) is 4.61. The number of anilines is 2. The zero-order chi connectivity index (χ0) is 23.3. The van der Waals surface area contributed by atoms with Crippen LogP contribution in [0, 0.1) is 6.92 Å². The molecule has 0 spiro atoms. The Bertz CT molecular complexity index is 1110. The number of nitrogens with zero attached hydrogens (tertiary/aromatic N) is 6. The van der Waals surface area contributed by atoms with Gasteiger partial charge in [0.1, 0.15) is 22.8 Å². The van der Waals surface area contributed by atoms with E-state index in [1.165, 1.54) is 11.3 Å². The molecule has 0 radical (unpaired) electrons. The van der Waals surface area contributed by atoms with Gasteiger partial charge in [0.25, 0.3) is 5.91 Å². The van der Waals surface area contributed by atoms with E-state index in [4.69, 9.17) is 4.74 Å². The van der Waals surface area contributed by atoms with Crippen molar-refractivity contribution in [1.82, 2.24) is 25.2 Å². The van der Waals surface area contributed by atoms with Gasteiger partial charge in [-0.2, -0.15) is 0 Å². The number of hydrogen-bond donors (Lipinski definition) is 1. The molecule has 0 saturated carbocycles. The van der Waals surface area contributed by atoms with Gasteiger partial charge in [0.15, 0.2) is 0 Å². The molecule has 3 aromatic heterocycles. The van der Waals surface area contributed by atoms with Crippen molar-refractivity contribution in [1.29, 1.82) is 0 Å². The molecule has 180 valence electrons. The second kappa shape index (κ2) is 10.6. The Morgan fingerprint density at radius 2 is 1.85 bits per heavy atom. The molecule has 1 N–H and O–H groups in total. The molecule has 0 unspecified atom stereocenters. The first kappa shape index (κ1) is 22.9. The number of nitrogens with one attached hydrogen (secondary N) is 1. The van der Waals surface area contributed by atoms with Crippen molar-refractivity contribution in [2.24, 2.45) is 0 Å². The Labute approximate surface area is 203 Å². The molecule has 3 aromatic rings. The van der Waals surface area contributed by atoms with E-state index in [2.05, 4.69) is 35.0 Å². The van der Waals surface area contributed by atoms with Crippen LogP contribution in [-0.2, 0) is 4.74 Å². The number of aryl methyl sites for hydroxylation is 1. The maximum absolute atomic E-state index is 13.0. The van der Waals surface area contributed by atoms with Crippen molar-refractivity contribution in [2.75, 3.05) is 75.4 Å². The number of hydrogen-bond acceptors (Lipinski definition) is 9. The van der Waals surface area contributed by atoms with Crippen LogP contribution in [-0.4, -0.2) is 91.3 Å². The van der Waals surface area contributed by atoms with Gasteiger partial charge in [-0.1, -0.05) is 6.07 Å². The lowest BCUT2D eigenvalue weighted by molar-refractivity contribution is 0.0374. The maximum atomic E-state index is 13.0. The normalized spacial score (nSPS) is 17.3. The lowest BCUT2D eigenvalue weighted by Crippen LogP contribution is -2.47. The Morgan fingerprint density at radius 3 is 2.62 bits per heavy atom. The first-order chi connectivity index (χ1) is 16.7. The summed E-state index contributed by atoms with van der Waals surface area (Å²) >= 11 is 1.46. The molecule has 0 bridgehead atoms. The molecule has 0 aliphatic carbocycles. The summed E-state index contributed by atoms with van der Waals surface area (Å²) in [4.78, 5) is 35.1. The van der Waals surface area contributed by atoms with Crippen molar-refractivity contribution in [3.63, 3.8) is 0 Å². The highest BCUT2D eigenvalue weighted by Gasteiger charge is 2.25. The van der Waals surface area contributed by atoms with E-state index in [9.17, 15) is 4.79 Å². The minimum atomic E-state index is -0.0200. The van der Waals surface area contributed by atoms with Crippen LogP contribution in [0.15, 0.2) is 30.7 Å². The van der Waals surface area contributed by atoms with Gasteiger partial charge in [-0.15, -0.1) is 11.3 Å². The number of carbonyl (C=O) groups excluding carboxylic acids is 1. The molecule has 9 nitrogen and oxygen atoms in total. The summed E-state index contributed by atoms with van der Waals surface area (Å²) in [6.07, 6.45) is 4.38. The van der Waals surface area contributed by atoms with Gasteiger partial charge in [0.05, 0.1) is 23.5 Å². The summed E-state index contributed by atoms with van der Waals surface area (Å²) in [7, 11) is 0. The van der Waals surface area contributed by atoms with Crippen LogP contribution >= 0.6 is 11.3 Å². The number of carbonyl (C=O) groups is 1. The summed E-state index contributed by atoms with van der Waals surface area (Å²) in [6.45, 7) is 10.7. The Balaban J connectivity index is 1.23. The third-order valence-corrected chi connectivity index (χ3v) is 7.70. The zero-order valence-electron chi connectivity index (χ0n) is 19.6. The minimum absolute atomic E-state index is 0.0200. The van der Waals surface area contributed by atoms with Gasteiger partial charge in [-0.25, -0.2) is 15.0 Å². The number of rotatable bonds is 7. The van der Waals surface area contributed by atoms with Crippen molar-refractivity contribution < 1.29 is 9.53 Å². The molecule has 0 aromatic carbocycles. The number of thiophene rings is 1. The third-order valence-electron chi connectivity index (χ3n) is 6.51. The SMILES string of the molecule is Cc1c(C(=O)NCCCN2CCOCC2)sc2ncnc(N3CCN(c4ccccn4)CC3)c12. The molecule has 2 aliphatic rings. The van der Waals surface area contributed by atoms with Gasteiger partial charge < -0.3 is 19.9 Å². The second-order valence-corrected chi connectivity index (χ2v) is 9.66. The summed E-state index contributed by atoms with van der Waals surface area (Å²) in [6, 6.07) is 6.01. The molecule has 2 aliphatic heterocycles. The lowest BCUT2D eigenvalue weighted by Gasteiger charge is -2.36. The van der Waals surface area contributed by atoms with Crippen LogP contribution in [0.5, 0.6) is 0 Å². The van der Waals surface area contributed by atoms with Crippen LogP contribution in [0.1, 0.15) is 21.7 Å². The van der Waals surface area contributed by atoms with Crippen molar-refractivity contribution in [2.45, 2.75) is 13.3 Å². The fraction of sp³-hybridized carbons (Fsp3) is 0.500. The molecule has 5 rings (SSSR count). The molecular weight excluding hydrogens is 450 g/mol.